The summed E-state index contributed by atoms with van der Waals surface area (Å²) in [5.41, 5.74) is -0.580. The van der Waals surface area contributed by atoms with Crippen LogP contribution in [0.2, 0.25) is 12.1 Å². The molecule has 1 aromatic carbocycles. The van der Waals surface area contributed by atoms with Crippen molar-refractivity contribution >= 4 is 25.6 Å². The quantitative estimate of drug-likeness (QED) is 0.304. The summed E-state index contributed by atoms with van der Waals surface area (Å²) in [6.45, 7) is 3.74. The Hall–Kier alpha value is -0.743. The summed E-state index contributed by atoms with van der Waals surface area (Å²) >= 11 is 5.65. The number of rotatable bonds is 7. The molecule has 0 saturated heterocycles. The van der Waals surface area contributed by atoms with Gasteiger partial charge in [0.1, 0.15) is 0 Å². The first-order chi connectivity index (χ1) is 8.99. The molecule has 0 N–H and O–H groups in total. The van der Waals surface area contributed by atoms with E-state index in [1.165, 1.54) is 12.1 Å². The highest BCUT2D eigenvalue weighted by Gasteiger charge is 2.30. The fourth-order valence-corrected chi connectivity index (χ4v) is 5.00. The Morgan fingerprint density at radius 1 is 1.16 bits per heavy atom. The monoisotopic (exact) mass is 306 g/mol. The average molecular weight is 307 g/mol. The van der Waals surface area contributed by atoms with E-state index in [1.54, 1.807) is 12.1 Å². The van der Waals surface area contributed by atoms with Crippen LogP contribution in [0, 0.1) is 0 Å². The molecular weight excluding hydrogens is 289 g/mol. The van der Waals surface area contributed by atoms with Gasteiger partial charge in [-0.1, -0.05) is 48.0 Å². The van der Waals surface area contributed by atoms with Crippen LogP contribution in [-0.2, 0) is 6.18 Å². The van der Waals surface area contributed by atoms with Gasteiger partial charge in [0.15, 0.2) is 0 Å². The van der Waals surface area contributed by atoms with E-state index in [9.17, 15) is 13.2 Å². The molecule has 0 aliphatic rings. The van der Waals surface area contributed by atoms with Gasteiger partial charge < -0.3 is 0 Å². The van der Waals surface area contributed by atoms with Crippen LogP contribution in [0.1, 0.15) is 18.4 Å². The van der Waals surface area contributed by atoms with E-state index in [0.717, 1.165) is 30.1 Å². The Bertz CT molecular complexity index is 387. The van der Waals surface area contributed by atoms with E-state index in [1.807, 2.05) is 6.08 Å². The summed E-state index contributed by atoms with van der Waals surface area (Å²) in [6.07, 6.45) is -0.389. The maximum atomic E-state index is 12.5. The molecule has 0 saturated carbocycles. The van der Waals surface area contributed by atoms with Crippen LogP contribution in [0.5, 0.6) is 0 Å². The van der Waals surface area contributed by atoms with Crippen molar-refractivity contribution in [2.75, 3.05) is 5.88 Å². The van der Waals surface area contributed by atoms with E-state index in [-0.39, 0.29) is 0 Å². The molecule has 19 heavy (non-hydrogen) atoms. The molecule has 106 valence electrons. The first-order valence-electron chi connectivity index (χ1n) is 6.33. The van der Waals surface area contributed by atoms with Gasteiger partial charge in [0.25, 0.3) is 0 Å². The molecule has 1 rings (SSSR count). The van der Waals surface area contributed by atoms with Crippen molar-refractivity contribution in [3.8, 4) is 0 Å². The summed E-state index contributed by atoms with van der Waals surface area (Å²) in [7, 11) is -1.24. The zero-order chi connectivity index (χ0) is 14.3. The molecule has 0 amide bonds. The number of hydrogen-bond donors (Lipinski definition) is 0. The topological polar surface area (TPSA) is 0 Å². The number of halogens is 4. The molecule has 0 heterocycles. The van der Waals surface area contributed by atoms with E-state index >= 15 is 0 Å². The third kappa shape index (κ3) is 5.41. The second-order valence-electron chi connectivity index (χ2n) is 4.53. The summed E-state index contributed by atoms with van der Waals surface area (Å²) in [6, 6.07) is 7.59. The van der Waals surface area contributed by atoms with E-state index < -0.39 is 20.5 Å². The van der Waals surface area contributed by atoms with Crippen LogP contribution in [0.4, 0.5) is 13.2 Å². The smallest absolute Gasteiger partial charge is 0.166 e. The standard InChI is InChI=1S/C14H18ClF3Si/c1-2-10-19(11-4-3-9-15)13-7-5-12(6-8-13)14(16,17)18/h2,5-8,19H,1,3-4,9-11H2. The highest BCUT2D eigenvalue weighted by atomic mass is 35.5. The molecule has 0 fully saturated rings. The first kappa shape index (κ1) is 16.3. The number of allylic oxidation sites excluding steroid dienone is 1. The van der Waals surface area contributed by atoms with Gasteiger partial charge in [-0.2, -0.15) is 13.2 Å². The van der Waals surface area contributed by atoms with Crippen molar-refractivity contribution in [1.29, 1.82) is 0 Å². The normalized spacial score (nSPS) is 13.3. The van der Waals surface area contributed by atoms with Gasteiger partial charge in [0, 0.05) is 5.88 Å². The van der Waals surface area contributed by atoms with Crippen molar-refractivity contribution in [1.82, 2.24) is 0 Å². The highest BCUT2D eigenvalue weighted by Crippen LogP contribution is 2.28. The van der Waals surface area contributed by atoms with Crippen LogP contribution in [0.15, 0.2) is 36.9 Å². The second-order valence-corrected chi connectivity index (χ2v) is 8.01. The van der Waals surface area contributed by atoms with Crippen molar-refractivity contribution in [2.24, 2.45) is 0 Å². The van der Waals surface area contributed by atoms with Gasteiger partial charge in [-0.05, 0) is 12.5 Å². The Morgan fingerprint density at radius 2 is 1.79 bits per heavy atom. The number of alkyl halides is 4. The predicted molar refractivity (Wildman–Crippen MR) is 78.0 cm³/mol. The lowest BCUT2D eigenvalue weighted by Crippen LogP contribution is -2.29. The van der Waals surface area contributed by atoms with E-state index in [0.29, 0.717) is 5.88 Å². The minimum Gasteiger partial charge on any atom is -0.166 e. The minimum atomic E-state index is -4.26. The summed E-state index contributed by atoms with van der Waals surface area (Å²) < 4.78 is 37.5. The van der Waals surface area contributed by atoms with Gasteiger partial charge in [-0.3, -0.25) is 0 Å². The second kappa shape index (κ2) is 7.75. The van der Waals surface area contributed by atoms with Gasteiger partial charge in [0.05, 0.1) is 14.4 Å². The molecule has 0 bridgehead atoms. The Balaban J connectivity index is 2.76. The van der Waals surface area contributed by atoms with Crippen molar-refractivity contribution in [2.45, 2.75) is 31.1 Å². The minimum absolute atomic E-state index is 0.580. The lowest BCUT2D eigenvalue weighted by atomic mass is 10.2. The molecule has 0 aliphatic carbocycles. The lowest BCUT2D eigenvalue weighted by Gasteiger charge is -2.15. The molecule has 0 nitrogen and oxygen atoms in total. The number of hydrogen-bond acceptors (Lipinski definition) is 0. The summed E-state index contributed by atoms with van der Waals surface area (Å²) in [5.74, 6) is 0.641. The summed E-state index contributed by atoms with van der Waals surface area (Å²) in [5, 5.41) is 1.07. The van der Waals surface area contributed by atoms with Crippen LogP contribution < -0.4 is 5.19 Å². The number of benzene rings is 1. The Kier molecular flexibility index (Phi) is 6.65. The fraction of sp³-hybridized carbons (Fsp3) is 0.429. The third-order valence-electron chi connectivity index (χ3n) is 3.10. The molecule has 5 heteroatoms. The van der Waals surface area contributed by atoms with Gasteiger partial charge in [-0.25, -0.2) is 0 Å². The largest absolute Gasteiger partial charge is 0.416 e. The van der Waals surface area contributed by atoms with Crippen LogP contribution in [0.25, 0.3) is 0 Å². The molecule has 1 unspecified atom stereocenters. The fourth-order valence-electron chi connectivity index (χ4n) is 2.05. The van der Waals surface area contributed by atoms with Gasteiger partial charge in [0.2, 0.25) is 0 Å². The molecule has 1 atom stereocenters. The van der Waals surface area contributed by atoms with Crippen LogP contribution in [-0.4, -0.2) is 14.7 Å². The van der Waals surface area contributed by atoms with Crippen LogP contribution >= 0.6 is 11.6 Å². The first-order valence-corrected chi connectivity index (χ1v) is 9.07. The van der Waals surface area contributed by atoms with E-state index in [4.69, 9.17) is 11.6 Å². The SMILES string of the molecule is C=CC[SiH](CCCCCl)c1ccc(C(F)(F)F)cc1. The predicted octanol–water partition coefficient (Wildman–Crippen LogP) is 4.34. The molecular formula is C14H18ClF3Si. The van der Waals surface area contributed by atoms with Crippen LogP contribution in [0.3, 0.4) is 0 Å². The lowest BCUT2D eigenvalue weighted by molar-refractivity contribution is -0.137. The van der Waals surface area contributed by atoms with Gasteiger partial charge >= 0.3 is 6.18 Å². The third-order valence-corrected chi connectivity index (χ3v) is 6.70. The molecule has 0 aromatic heterocycles. The van der Waals surface area contributed by atoms with Gasteiger partial charge in [-0.15, -0.1) is 18.2 Å². The Morgan fingerprint density at radius 3 is 2.26 bits per heavy atom. The van der Waals surface area contributed by atoms with Crippen molar-refractivity contribution in [3.05, 3.63) is 42.5 Å². The van der Waals surface area contributed by atoms with E-state index in [2.05, 4.69) is 6.58 Å². The summed E-state index contributed by atoms with van der Waals surface area (Å²) in [4.78, 5) is 0. The maximum absolute atomic E-state index is 12.5. The molecule has 0 aliphatic heterocycles. The zero-order valence-electron chi connectivity index (χ0n) is 10.7. The highest BCUT2D eigenvalue weighted by molar-refractivity contribution is 6.73. The maximum Gasteiger partial charge on any atom is 0.416 e. The van der Waals surface area contributed by atoms with Crippen molar-refractivity contribution < 1.29 is 13.2 Å². The molecule has 1 aromatic rings. The molecule has 0 radical (unpaired) electrons. The van der Waals surface area contributed by atoms with Crippen molar-refractivity contribution in [3.63, 3.8) is 0 Å². The zero-order valence-corrected chi connectivity index (χ0v) is 12.6. The Labute approximate surface area is 118 Å². The number of unbranched alkanes of at least 4 members (excludes halogenated alkanes) is 1. The molecule has 0 spiro atoms. The average Bonchev–Trinajstić information content (AvgIpc) is 2.37.